The fraction of sp³-hybridized carbons (Fsp3) is 0.360. The van der Waals surface area contributed by atoms with Crippen molar-refractivity contribution >= 4 is 11.8 Å². The van der Waals surface area contributed by atoms with E-state index in [-0.39, 0.29) is 25.2 Å². The summed E-state index contributed by atoms with van der Waals surface area (Å²) in [5.41, 5.74) is 2.06. The van der Waals surface area contributed by atoms with Crippen molar-refractivity contribution in [1.82, 2.24) is 0 Å². The number of carbonyl (C=O) groups excluding carboxylic acids is 2. The fourth-order valence-corrected chi connectivity index (χ4v) is 3.19. The van der Waals surface area contributed by atoms with Gasteiger partial charge in [-0.1, -0.05) is 60.7 Å². The van der Waals surface area contributed by atoms with Crippen molar-refractivity contribution in [3.05, 3.63) is 84.1 Å². The number of hydrogen-bond acceptors (Lipinski definition) is 6. The molecule has 1 aliphatic heterocycles. The molecule has 164 valence electrons. The van der Waals surface area contributed by atoms with Crippen molar-refractivity contribution in [2.45, 2.75) is 51.3 Å². The SMILES string of the molecule is CC(=O)CCC(=O)O[C@@H]1C=CO[C@H](COCc2ccccc2)[C@@H]1OCc1ccccc1. The zero-order valence-corrected chi connectivity index (χ0v) is 17.6. The Bertz CT molecular complexity index is 849. The van der Waals surface area contributed by atoms with Gasteiger partial charge in [-0.15, -0.1) is 0 Å². The molecule has 2 aromatic carbocycles. The minimum absolute atomic E-state index is 0.0428. The third-order valence-electron chi connectivity index (χ3n) is 4.84. The molecular formula is C25H28O6. The molecule has 0 radical (unpaired) electrons. The predicted octanol–water partition coefficient (Wildman–Crippen LogP) is 3.98. The van der Waals surface area contributed by atoms with Crippen LogP contribution in [0.3, 0.4) is 0 Å². The van der Waals surface area contributed by atoms with E-state index in [1.54, 1.807) is 6.08 Å². The van der Waals surface area contributed by atoms with E-state index >= 15 is 0 Å². The van der Waals surface area contributed by atoms with Crippen molar-refractivity contribution in [1.29, 1.82) is 0 Å². The van der Waals surface area contributed by atoms with Gasteiger partial charge in [0.2, 0.25) is 0 Å². The van der Waals surface area contributed by atoms with Gasteiger partial charge in [-0.05, 0) is 24.1 Å². The predicted molar refractivity (Wildman–Crippen MR) is 115 cm³/mol. The Balaban J connectivity index is 1.62. The van der Waals surface area contributed by atoms with Crippen LogP contribution in [0.4, 0.5) is 0 Å². The van der Waals surface area contributed by atoms with E-state index in [9.17, 15) is 9.59 Å². The van der Waals surface area contributed by atoms with E-state index in [1.807, 2.05) is 60.7 Å². The molecule has 0 saturated carbocycles. The maximum absolute atomic E-state index is 12.2. The molecule has 6 nitrogen and oxygen atoms in total. The highest BCUT2D eigenvalue weighted by atomic mass is 16.6. The van der Waals surface area contributed by atoms with Crippen molar-refractivity contribution in [2.24, 2.45) is 0 Å². The van der Waals surface area contributed by atoms with Crippen molar-refractivity contribution in [3.63, 3.8) is 0 Å². The van der Waals surface area contributed by atoms with Crippen molar-refractivity contribution in [3.8, 4) is 0 Å². The standard InChI is InChI=1S/C25H28O6/c1-19(26)12-13-24(27)31-22-14-15-29-23(18-28-16-20-8-4-2-5-9-20)25(22)30-17-21-10-6-3-7-11-21/h2-11,14-15,22-23,25H,12-13,16-18H2,1H3/t22-,23-,25-/m1/s1. The summed E-state index contributed by atoms with van der Waals surface area (Å²) in [6.45, 7) is 2.52. The molecule has 0 N–H and O–H groups in total. The van der Waals surface area contributed by atoms with Crippen LogP contribution < -0.4 is 0 Å². The second kappa shape index (κ2) is 12.0. The van der Waals surface area contributed by atoms with E-state index in [0.717, 1.165) is 11.1 Å². The Labute approximate surface area is 182 Å². The van der Waals surface area contributed by atoms with Gasteiger partial charge in [0, 0.05) is 6.42 Å². The number of carbonyl (C=O) groups is 2. The van der Waals surface area contributed by atoms with Crippen LogP contribution in [0.2, 0.25) is 0 Å². The Kier molecular flexibility index (Phi) is 8.82. The number of ketones is 1. The van der Waals surface area contributed by atoms with Gasteiger partial charge >= 0.3 is 5.97 Å². The summed E-state index contributed by atoms with van der Waals surface area (Å²) >= 11 is 0. The Morgan fingerprint density at radius 3 is 2.19 bits per heavy atom. The first-order chi connectivity index (χ1) is 15.1. The van der Waals surface area contributed by atoms with Crippen LogP contribution in [0.5, 0.6) is 0 Å². The lowest BCUT2D eigenvalue weighted by atomic mass is 10.1. The summed E-state index contributed by atoms with van der Waals surface area (Å²) in [5, 5.41) is 0. The summed E-state index contributed by atoms with van der Waals surface area (Å²) in [4.78, 5) is 23.4. The van der Waals surface area contributed by atoms with E-state index in [4.69, 9.17) is 18.9 Å². The smallest absolute Gasteiger partial charge is 0.306 e. The monoisotopic (exact) mass is 424 g/mol. The molecule has 2 aromatic rings. The topological polar surface area (TPSA) is 71.1 Å². The summed E-state index contributed by atoms with van der Waals surface area (Å²) in [7, 11) is 0. The number of benzene rings is 2. The lowest BCUT2D eigenvalue weighted by Crippen LogP contribution is -2.46. The van der Waals surface area contributed by atoms with Crippen LogP contribution in [-0.2, 0) is 41.8 Å². The molecule has 1 aliphatic rings. The molecule has 0 aliphatic carbocycles. The number of rotatable bonds is 11. The molecule has 0 amide bonds. The molecule has 31 heavy (non-hydrogen) atoms. The Morgan fingerprint density at radius 1 is 0.903 bits per heavy atom. The van der Waals surface area contributed by atoms with Crippen molar-refractivity contribution in [2.75, 3.05) is 6.61 Å². The van der Waals surface area contributed by atoms with Gasteiger partial charge < -0.3 is 23.7 Å². The first-order valence-electron chi connectivity index (χ1n) is 10.4. The molecule has 0 bridgehead atoms. The van der Waals surface area contributed by atoms with Gasteiger partial charge in [0.1, 0.15) is 11.9 Å². The summed E-state index contributed by atoms with van der Waals surface area (Å²) in [5.74, 6) is -0.493. The van der Waals surface area contributed by atoms with Gasteiger partial charge in [-0.25, -0.2) is 0 Å². The summed E-state index contributed by atoms with van der Waals surface area (Å²) in [6.07, 6.45) is 1.77. The Morgan fingerprint density at radius 2 is 1.55 bits per heavy atom. The maximum atomic E-state index is 12.2. The van der Waals surface area contributed by atoms with Gasteiger partial charge in [0.25, 0.3) is 0 Å². The molecule has 0 aromatic heterocycles. The van der Waals surface area contributed by atoms with Gasteiger partial charge in [-0.3, -0.25) is 4.79 Å². The first kappa shape index (κ1) is 22.7. The molecule has 0 saturated heterocycles. The lowest BCUT2D eigenvalue weighted by Gasteiger charge is -2.34. The van der Waals surface area contributed by atoms with Gasteiger partial charge in [-0.2, -0.15) is 0 Å². The molecule has 0 unspecified atom stereocenters. The fourth-order valence-electron chi connectivity index (χ4n) is 3.19. The zero-order chi connectivity index (χ0) is 21.9. The third kappa shape index (κ3) is 7.66. The molecule has 0 fully saturated rings. The average Bonchev–Trinajstić information content (AvgIpc) is 2.78. The number of hydrogen-bond donors (Lipinski definition) is 0. The van der Waals surface area contributed by atoms with Crippen LogP contribution in [0.15, 0.2) is 73.0 Å². The highest BCUT2D eigenvalue weighted by Crippen LogP contribution is 2.22. The van der Waals surface area contributed by atoms with Gasteiger partial charge in [0.05, 0.1) is 32.5 Å². The molecule has 6 heteroatoms. The second-order valence-corrected chi connectivity index (χ2v) is 7.42. The van der Waals surface area contributed by atoms with Crippen LogP contribution >= 0.6 is 0 Å². The molecule has 1 heterocycles. The van der Waals surface area contributed by atoms with E-state index in [0.29, 0.717) is 13.2 Å². The molecule has 3 rings (SSSR count). The van der Waals surface area contributed by atoms with Crippen LogP contribution in [0.1, 0.15) is 30.9 Å². The second-order valence-electron chi connectivity index (χ2n) is 7.42. The minimum Gasteiger partial charge on any atom is -0.493 e. The van der Waals surface area contributed by atoms with Crippen LogP contribution in [0, 0.1) is 0 Å². The zero-order valence-electron chi connectivity index (χ0n) is 17.6. The largest absolute Gasteiger partial charge is 0.493 e. The molecule has 0 spiro atoms. The number of ether oxygens (including phenoxy) is 4. The highest BCUT2D eigenvalue weighted by molar-refractivity contribution is 5.81. The number of esters is 1. The van der Waals surface area contributed by atoms with Crippen LogP contribution in [0.25, 0.3) is 0 Å². The third-order valence-corrected chi connectivity index (χ3v) is 4.84. The normalized spacial score (nSPS) is 20.1. The van der Waals surface area contributed by atoms with E-state index in [1.165, 1.54) is 13.2 Å². The van der Waals surface area contributed by atoms with Crippen molar-refractivity contribution < 1.29 is 28.5 Å². The van der Waals surface area contributed by atoms with Crippen LogP contribution in [-0.4, -0.2) is 36.7 Å². The van der Waals surface area contributed by atoms with E-state index in [2.05, 4.69) is 0 Å². The van der Waals surface area contributed by atoms with Gasteiger partial charge in [0.15, 0.2) is 12.2 Å². The maximum Gasteiger partial charge on any atom is 0.306 e. The summed E-state index contributed by atoms with van der Waals surface area (Å²) < 4.78 is 23.3. The average molecular weight is 424 g/mol. The number of Topliss-reactive ketones (excluding diaryl/α,β-unsaturated/α-hetero) is 1. The lowest BCUT2D eigenvalue weighted by molar-refractivity contribution is -0.170. The first-order valence-corrected chi connectivity index (χ1v) is 10.4. The minimum atomic E-state index is -0.623. The van der Waals surface area contributed by atoms with E-state index < -0.39 is 24.3 Å². The molecule has 3 atom stereocenters. The quantitative estimate of drug-likeness (QED) is 0.508. The summed E-state index contributed by atoms with van der Waals surface area (Å²) in [6, 6.07) is 19.6. The Hall–Kier alpha value is -2.96. The highest BCUT2D eigenvalue weighted by Gasteiger charge is 2.36. The molecular weight excluding hydrogens is 396 g/mol.